The number of aryl methyl sites for hydroxylation is 1. The van der Waals surface area contributed by atoms with Gasteiger partial charge in [0.1, 0.15) is 0 Å². The Labute approximate surface area is 186 Å². The van der Waals surface area contributed by atoms with Crippen molar-refractivity contribution in [1.29, 1.82) is 0 Å². The Bertz CT molecular complexity index is 1060. The SMILES string of the molecule is Cc1cccc(NC[C@@H](O)Cn2c3ccc(I)cc3c3cc(I)ccc32)c1. The number of nitrogens with zero attached hydrogens (tertiary/aromatic N) is 1. The van der Waals surface area contributed by atoms with Gasteiger partial charge in [-0.05, 0) is 106 Å². The molecular weight excluding hydrogens is 562 g/mol. The van der Waals surface area contributed by atoms with Crippen molar-refractivity contribution >= 4 is 72.7 Å². The molecule has 1 atom stereocenters. The van der Waals surface area contributed by atoms with Crippen molar-refractivity contribution in [2.24, 2.45) is 0 Å². The standard InChI is InChI=1S/C22H20I2N2O/c1-14-3-2-4-17(9-14)25-12-18(27)13-26-21-7-5-15(23)10-19(21)20-11-16(24)6-8-22(20)26/h2-11,18,25,27H,12-13H2,1H3/t18-/m1/s1. The van der Waals surface area contributed by atoms with Crippen LogP contribution >= 0.6 is 45.2 Å². The van der Waals surface area contributed by atoms with Crippen LogP contribution < -0.4 is 5.32 Å². The van der Waals surface area contributed by atoms with Crippen molar-refractivity contribution in [1.82, 2.24) is 4.57 Å². The zero-order chi connectivity index (χ0) is 19.0. The van der Waals surface area contributed by atoms with Crippen LogP contribution in [0.2, 0.25) is 0 Å². The Morgan fingerprint density at radius 3 is 2.15 bits per heavy atom. The summed E-state index contributed by atoms with van der Waals surface area (Å²) >= 11 is 4.71. The third-order valence-corrected chi connectivity index (χ3v) is 6.08. The summed E-state index contributed by atoms with van der Waals surface area (Å²) in [4.78, 5) is 0. The summed E-state index contributed by atoms with van der Waals surface area (Å²) in [6, 6.07) is 21.2. The highest BCUT2D eigenvalue weighted by atomic mass is 127. The highest BCUT2D eigenvalue weighted by molar-refractivity contribution is 14.1. The number of hydrogen-bond donors (Lipinski definition) is 2. The van der Waals surface area contributed by atoms with Gasteiger partial charge in [0.05, 0.1) is 12.6 Å². The van der Waals surface area contributed by atoms with E-state index in [9.17, 15) is 5.11 Å². The maximum atomic E-state index is 10.7. The normalized spacial score (nSPS) is 12.6. The van der Waals surface area contributed by atoms with Crippen LogP contribution in [0.25, 0.3) is 21.8 Å². The largest absolute Gasteiger partial charge is 0.389 e. The molecule has 0 bridgehead atoms. The molecule has 0 radical (unpaired) electrons. The van der Waals surface area contributed by atoms with Crippen molar-refractivity contribution in [3.63, 3.8) is 0 Å². The number of hydrogen-bond acceptors (Lipinski definition) is 2. The van der Waals surface area contributed by atoms with Gasteiger partial charge in [-0.15, -0.1) is 0 Å². The minimum atomic E-state index is -0.483. The molecule has 138 valence electrons. The molecule has 3 aromatic carbocycles. The highest BCUT2D eigenvalue weighted by Gasteiger charge is 2.14. The van der Waals surface area contributed by atoms with Crippen LogP contribution in [-0.2, 0) is 6.54 Å². The van der Waals surface area contributed by atoms with Crippen LogP contribution in [0.3, 0.4) is 0 Å². The Balaban J connectivity index is 1.64. The van der Waals surface area contributed by atoms with Crippen LogP contribution in [0, 0.1) is 14.1 Å². The Morgan fingerprint density at radius 2 is 1.56 bits per heavy atom. The first-order valence-corrected chi connectivity index (χ1v) is 11.0. The molecule has 4 aromatic rings. The summed E-state index contributed by atoms with van der Waals surface area (Å²) in [7, 11) is 0. The van der Waals surface area contributed by atoms with Crippen molar-refractivity contribution in [3.8, 4) is 0 Å². The first-order chi connectivity index (χ1) is 13.0. The molecule has 27 heavy (non-hydrogen) atoms. The molecule has 0 saturated heterocycles. The molecular formula is C22H20I2N2O. The average Bonchev–Trinajstić information content (AvgIpc) is 2.92. The van der Waals surface area contributed by atoms with Crippen LogP contribution in [0.4, 0.5) is 5.69 Å². The smallest absolute Gasteiger partial charge is 0.0891 e. The number of aliphatic hydroxyl groups is 1. The number of aliphatic hydroxyl groups excluding tert-OH is 1. The summed E-state index contributed by atoms with van der Waals surface area (Å²) in [5, 5.41) is 16.5. The third-order valence-electron chi connectivity index (χ3n) is 4.74. The van der Waals surface area contributed by atoms with E-state index in [2.05, 4.69) is 111 Å². The van der Waals surface area contributed by atoms with Gasteiger partial charge in [0.2, 0.25) is 0 Å². The number of rotatable bonds is 5. The van der Waals surface area contributed by atoms with E-state index in [1.807, 2.05) is 12.1 Å². The monoisotopic (exact) mass is 582 g/mol. The van der Waals surface area contributed by atoms with Gasteiger partial charge in [0.25, 0.3) is 0 Å². The zero-order valence-corrected chi connectivity index (χ0v) is 19.2. The van der Waals surface area contributed by atoms with Gasteiger partial charge in [-0.1, -0.05) is 12.1 Å². The van der Waals surface area contributed by atoms with Gasteiger partial charge in [0, 0.05) is 41.2 Å². The highest BCUT2D eigenvalue weighted by Crippen LogP contribution is 2.31. The van der Waals surface area contributed by atoms with Crippen molar-refractivity contribution in [2.45, 2.75) is 19.6 Å². The van der Waals surface area contributed by atoms with E-state index < -0.39 is 6.10 Å². The second-order valence-electron chi connectivity index (χ2n) is 6.84. The minimum Gasteiger partial charge on any atom is -0.389 e. The van der Waals surface area contributed by atoms with Crippen molar-refractivity contribution in [3.05, 3.63) is 73.4 Å². The second-order valence-corrected chi connectivity index (χ2v) is 9.33. The third kappa shape index (κ3) is 4.09. The maximum Gasteiger partial charge on any atom is 0.0891 e. The van der Waals surface area contributed by atoms with Gasteiger partial charge >= 0.3 is 0 Å². The first-order valence-electron chi connectivity index (χ1n) is 8.87. The van der Waals surface area contributed by atoms with E-state index in [0.717, 1.165) is 5.69 Å². The number of nitrogens with one attached hydrogen (secondary N) is 1. The molecule has 0 fully saturated rings. The predicted molar refractivity (Wildman–Crippen MR) is 131 cm³/mol. The molecule has 4 rings (SSSR count). The fraction of sp³-hybridized carbons (Fsp3) is 0.182. The molecule has 0 saturated carbocycles. The van der Waals surface area contributed by atoms with E-state index in [1.54, 1.807) is 0 Å². The van der Waals surface area contributed by atoms with Gasteiger partial charge in [-0.25, -0.2) is 0 Å². The lowest BCUT2D eigenvalue weighted by Crippen LogP contribution is -2.24. The van der Waals surface area contributed by atoms with Crippen molar-refractivity contribution < 1.29 is 5.11 Å². The fourth-order valence-electron chi connectivity index (χ4n) is 3.51. The Hall–Kier alpha value is -1.32. The van der Waals surface area contributed by atoms with Gasteiger partial charge in [0.15, 0.2) is 0 Å². The Morgan fingerprint density at radius 1 is 0.926 bits per heavy atom. The van der Waals surface area contributed by atoms with Crippen LogP contribution in [0.1, 0.15) is 5.56 Å². The van der Waals surface area contributed by atoms with Gasteiger partial charge < -0.3 is 15.0 Å². The molecule has 2 N–H and O–H groups in total. The molecule has 0 unspecified atom stereocenters. The molecule has 1 heterocycles. The number of anilines is 1. The van der Waals surface area contributed by atoms with Crippen LogP contribution in [-0.4, -0.2) is 22.3 Å². The average molecular weight is 582 g/mol. The summed E-state index contributed by atoms with van der Waals surface area (Å²) in [6.45, 7) is 3.14. The topological polar surface area (TPSA) is 37.2 Å². The van der Waals surface area contributed by atoms with E-state index in [1.165, 1.54) is 34.5 Å². The molecule has 0 aliphatic rings. The maximum absolute atomic E-state index is 10.7. The molecule has 1 aromatic heterocycles. The Kier molecular flexibility index (Phi) is 5.61. The molecule has 0 aliphatic heterocycles. The predicted octanol–water partition coefficient (Wildman–Crippen LogP) is 5.79. The van der Waals surface area contributed by atoms with E-state index in [0.29, 0.717) is 13.1 Å². The molecule has 3 nitrogen and oxygen atoms in total. The van der Waals surface area contributed by atoms with Gasteiger partial charge in [-0.3, -0.25) is 0 Å². The quantitative estimate of drug-likeness (QED) is 0.293. The summed E-state index contributed by atoms with van der Waals surface area (Å²) in [5.41, 5.74) is 4.59. The lowest BCUT2D eigenvalue weighted by molar-refractivity contribution is 0.169. The number of benzene rings is 3. The minimum absolute atomic E-state index is 0.483. The molecule has 5 heteroatoms. The summed E-state index contributed by atoms with van der Waals surface area (Å²) in [6.07, 6.45) is -0.483. The first kappa shape index (κ1) is 19.0. The van der Waals surface area contributed by atoms with E-state index >= 15 is 0 Å². The zero-order valence-electron chi connectivity index (χ0n) is 14.9. The van der Waals surface area contributed by atoms with Crippen LogP contribution in [0.15, 0.2) is 60.7 Å². The second kappa shape index (κ2) is 7.97. The summed E-state index contributed by atoms with van der Waals surface area (Å²) in [5.74, 6) is 0. The number of aromatic nitrogens is 1. The van der Waals surface area contributed by atoms with E-state index in [4.69, 9.17) is 0 Å². The lowest BCUT2D eigenvalue weighted by Gasteiger charge is -2.16. The number of fused-ring (bicyclic) bond motifs is 3. The van der Waals surface area contributed by atoms with E-state index in [-0.39, 0.29) is 0 Å². The molecule has 0 spiro atoms. The van der Waals surface area contributed by atoms with Crippen LogP contribution in [0.5, 0.6) is 0 Å². The molecule has 0 aliphatic carbocycles. The number of halogens is 2. The van der Waals surface area contributed by atoms with Crippen molar-refractivity contribution in [2.75, 3.05) is 11.9 Å². The van der Waals surface area contributed by atoms with Gasteiger partial charge in [-0.2, -0.15) is 0 Å². The summed E-state index contributed by atoms with van der Waals surface area (Å²) < 4.78 is 4.68. The lowest BCUT2D eigenvalue weighted by atomic mass is 10.2. The fourth-order valence-corrected chi connectivity index (χ4v) is 4.49. The molecule has 0 amide bonds.